The molecule has 0 aliphatic carbocycles. The zero-order valence-corrected chi connectivity index (χ0v) is 11.2. The Hall–Kier alpha value is -1.26. The van der Waals surface area contributed by atoms with E-state index in [2.05, 4.69) is 41.4 Å². The zero-order valence-electron chi connectivity index (χ0n) is 11.2. The molecular weight excluding hydrogens is 228 g/mol. The molecule has 1 aliphatic rings. The van der Waals surface area contributed by atoms with Gasteiger partial charge >= 0.3 is 0 Å². The van der Waals surface area contributed by atoms with E-state index in [-0.39, 0.29) is 0 Å². The van der Waals surface area contributed by atoms with Crippen LogP contribution in [0.5, 0.6) is 0 Å². The normalized spacial score (nSPS) is 17.6. The van der Waals surface area contributed by atoms with Gasteiger partial charge in [-0.2, -0.15) is 0 Å². The summed E-state index contributed by atoms with van der Waals surface area (Å²) >= 11 is 0. The maximum absolute atomic E-state index is 5.40. The maximum Gasteiger partial charge on any atom is 0.0661 e. The standard InChI is InChI=1S/C14H22N2O2/c1-12(11-17-2)15-13-5-3-4-6-14(13)16-7-9-18-10-8-16/h3-6,12,15H,7-11H2,1-2H3. The Labute approximate surface area is 109 Å². The minimum Gasteiger partial charge on any atom is -0.383 e. The molecule has 1 unspecified atom stereocenters. The van der Waals surface area contributed by atoms with E-state index in [0.717, 1.165) is 26.3 Å². The van der Waals surface area contributed by atoms with Gasteiger partial charge in [0.1, 0.15) is 0 Å². The second-order valence-corrected chi connectivity index (χ2v) is 4.62. The van der Waals surface area contributed by atoms with Crippen LogP contribution in [0.4, 0.5) is 11.4 Å². The van der Waals surface area contributed by atoms with Gasteiger partial charge in [-0.25, -0.2) is 0 Å². The predicted octanol–water partition coefficient (Wildman–Crippen LogP) is 1.97. The second kappa shape index (κ2) is 6.61. The highest BCUT2D eigenvalue weighted by Crippen LogP contribution is 2.26. The molecule has 0 spiro atoms. The molecule has 1 aliphatic heterocycles. The highest BCUT2D eigenvalue weighted by Gasteiger charge is 2.15. The summed E-state index contributed by atoms with van der Waals surface area (Å²) in [5.74, 6) is 0. The Morgan fingerprint density at radius 2 is 2.06 bits per heavy atom. The van der Waals surface area contributed by atoms with Crippen molar-refractivity contribution in [3.63, 3.8) is 0 Å². The Bertz CT molecular complexity index is 365. The molecule has 100 valence electrons. The molecule has 0 radical (unpaired) electrons. The fourth-order valence-electron chi connectivity index (χ4n) is 2.23. The Kier molecular flexibility index (Phi) is 4.84. The number of hydrogen-bond donors (Lipinski definition) is 1. The molecule has 1 fully saturated rings. The summed E-state index contributed by atoms with van der Waals surface area (Å²) in [7, 11) is 1.73. The van der Waals surface area contributed by atoms with E-state index >= 15 is 0 Å². The van der Waals surface area contributed by atoms with Crippen LogP contribution in [0, 0.1) is 0 Å². The van der Waals surface area contributed by atoms with E-state index < -0.39 is 0 Å². The third-order valence-electron chi connectivity index (χ3n) is 3.07. The van der Waals surface area contributed by atoms with E-state index in [1.807, 2.05) is 0 Å². The average Bonchev–Trinajstić information content (AvgIpc) is 2.40. The number of benzene rings is 1. The summed E-state index contributed by atoms with van der Waals surface area (Å²) < 4.78 is 10.6. The summed E-state index contributed by atoms with van der Waals surface area (Å²) in [6, 6.07) is 8.73. The molecule has 4 heteroatoms. The molecule has 4 nitrogen and oxygen atoms in total. The molecule has 1 aromatic rings. The molecule has 2 rings (SSSR count). The van der Waals surface area contributed by atoms with Crippen molar-refractivity contribution in [2.24, 2.45) is 0 Å². The first-order valence-corrected chi connectivity index (χ1v) is 6.48. The van der Waals surface area contributed by atoms with E-state index in [0.29, 0.717) is 12.6 Å². The average molecular weight is 250 g/mol. The van der Waals surface area contributed by atoms with Gasteiger partial charge in [0.25, 0.3) is 0 Å². The molecule has 0 bridgehead atoms. The summed E-state index contributed by atoms with van der Waals surface area (Å²) in [6.45, 7) is 6.36. The highest BCUT2D eigenvalue weighted by atomic mass is 16.5. The number of nitrogens with zero attached hydrogens (tertiary/aromatic N) is 1. The SMILES string of the molecule is COCC(C)Nc1ccccc1N1CCOCC1. The van der Waals surface area contributed by atoms with Gasteiger partial charge in [-0.15, -0.1) is 0 Å². The van der Waals surface area contributed by atoms with Gasteiger partial charge in [0.2, 0.25) is 0 Å². The highest BCUT2D eigenvalue weighted by molar-refractivity contribution is 5.70. The predicted molar refractivity (Wildman–Crippen MR) is 74.4 cm³/mol. The zero-order chi connectivity index (χ0) is 12.8. The number of rotatable bonds is 5. The van der Waals surface area contributed by atoms with E-state index in [4.69, 9.17) is 9.47 Å². The van der Waals surface area contributed by atoms with E-state index in [1.54, 1.807) is 7.11 Å². The van der Waals surface area contributed by atoms with Crippen LogP contribution in [0.1, 0.15) is 6.92 Å². The second-order valence-electron chi connectivity index (χ2n) is 4.62. The van der Waals surface area contributed by atoms with Gasteiger partial charge in [-0.05, 0) is 19.1 Å². The number of morpholine rings is 1. The summed E-state index contributed by atoms with van der Waals surface area (Å²) in [5.41, 5.74) is 2.42. The molecular formula is C14H22N2O2. The van der Waals surface area contributed by atoms with Crippen molar-refractivity contribution in [3.05, 3.63) is 24.3 Å². The van der Waals surface area contributed by atoms with E-state index in [1.165, 1.54) is 11.4 Å². The summed E-state index contributed by atoms with van der Waals surface area (Å²) in [6.07, 6.45) is 0. The smallest absolute Gasteiger partial charge is 0.0661 e. The van der Waals surface area contributed by atoms with Crippen LogP contribution >= 0.6 is 0 Å². The molecule has 1 atom stereocenters. The van der Waals surface area contributed by atoms with Crippen molar-refractivity contribution in [1.82, 2.24) is 0 Å². The molecule has 1 saturated heterocycles. The maximum atomic E-state index is 5.40. The Balaban J connectivity index is 2.09. The molecule has 1 N–H and O–H groups in total. The van der Waals surface area contributed by atoms with Gasteiger partial charge in [-0.1, -0.05) is 12.1 Å². The lowest BCUT2D eigenvalue weighted by Crippen LogP contribution is -2.37. The van der Waals surface area contributed by atoms with Crippen molar-refractivity contribution in [1.29, 1.82) is 0 Å². The topological polar surface area (TPSA) is 33.7 Å². The Morgan fingerprint density at radius 3 is 2.78 bits per heavy atom. The van der Waals surface area contributed by atoms with Gasteiger partial charge in [0.05, 0.1) is 31.2 Å². The summed E-state index contributed by atoms with van der Waals surface area (Å²) in [4.78, 5) is 2.37. The van der Waals surface area contributed by atoms with Gasteiger partial charge in [0, 0.05) is 26.2 Å². The first-order valence-electron chi connectivity index (χ1n) is 6.48. The van der Waals surface area contributed by atoms with Crippen LogP contribution in [-0.4, -0.2) is 46.1 Å². The van der Waals surface area contributed by atoms with Crippen LogP contribution in [0.2, 0.25) is 0 Å². The van der Waals surface area contributed by atoms with Gasteiger partial charge in [-0.3, -0.25) is 0 Å². The number of ether oxygens (including phenoxy) is 2. The van der Waals surface area contributed by atoms with Crippen LogP contribution in [0.25, 0.3) is 0 Å². The monoisotopic (exact) mass is 250 g/mol. The number of para-hydroxylation sites is 2. The minimum absolute atomic E-state index is 0.303. The van der Waals surface area contributed by atoms with Crippen LogP contribution in [-0.2, 0) is 9.47 Å². The molecule has 0 aromatic heterocycles. The van der Waals surface area contributed by atoms with Crippen molar-refractivity contribution >= 4 is 11.4 Å². The lowest BCUT2D eigenvalue weighted by Gasteiger charge is -2.31. The lowest BCUT2D eigenvalue weighted by atomic mass is 10.2. The first-order chi connectivity index (χ1) is 8.81. The number of methoxy groups -OCH3 is 1. The number of nitrogens with one attached hydrogen (secondary N) is 1. The van der Waals surface area contributed by atoms with Gasteiger partial charge < -0.3 is 19.7 Å². The molecule has 0 amide bonds. The van der Waals surface area contributed by atoms with Crippen molar-refractivity contribution in [3.8, 4) is 0 Å². The quantitative estimate of drug-likeness (QED) is 0.866. The number of hydrogen-bond acceptors (Lipinski definition) is 4. The van der Waals surface area contributed by atoms with Crippen LogP contribution < -0.4 is 10.2 Å². The largest absolute Gasteiger partial charge is 0.383 e. The minimum atomic E-state index is 0.303. The molecule has 18 heavy (non-hydrogen) atoms. The fourth-order valence-corrected chi connectivity index (χ4v) is 2.23. The molecule has 0 saturated carbocycles. The third-order valence-corrected chi connectivity index (χ3v) is 3.07. The summed E-state index contributed by atoms with van der Waals surface area (Å²) in [5, 5.41) is 3.50. The molecule has 1 aromatic carbocycles. The van der Waals surface area contributed by atoms with Crippen LogP contribution in [0.3, 0.4) is 0 Å². The third kappa shape index (κ3) is 3.37. The van der Waals surface area contributed by atoms with Crippen molar-refractivity contribution in [2.45, 2.75) is 13.0 Å². The van der Waals surface area contributed by atoms with E-state index in [9.17, 15) is 0 Å². The first kappa shape index (κ1) is 13.2. The van der Waals surface area contributed by atoms with Gasteiger partial charge in [0.15, 0.2) is 0 Å². The van der Waals surface area contributed by atoms with Crippen LogP contribution in [0.15, 0.2) is 24.3 Å². The van der Waals surface area contributed by atoms with Crippen molar-refractivity contribution in [2.75, 3.05) is 50.2 Å². The lowest BCUT2D eigenvalue weighted by molar-refractivity contribution is 0.123. The number of anilines is 2. The van der Waals surface area contributed by atoms with Crippen molar-refractivity contribution < 1.29 is 9.47 Å². The Morgan fingerprint density at radius 1 is 1.33 bits per heavy atom. The molecule has 1 heterocycles. The fraction of sp³-hybridized carbons (Fsp3) is 0.571.